The first-order valence-electron chi connectivity index (χ1n) is 7.57. The second kappa shape index (κ2) is 5.53. The van der Waals surface area contributed by atoms with Gasteiger partial charge in [-0.1, -0.05) is 36.9 Å². The van der Waals surface area contributed by atoms with Gasteiger partial charge in [0, 0.05) is 30.7 Å². The Balaban J connectivity index is 1.70. The van der Waals surface area contributed by atoms with Crippen molar-refractivity contribution in [1.29, 1.82) is 0 Å². The first-order valence-corrected chi connectivity index (χ1v) is 7.57. The highest BCUT2D eigenvalue weighted by atomic mass is 16.4. The molecule has 3 rings (SSSR count). The molecule has 1 amide bonds. The Morgan fingerprint density at radius 3 is 2.71 bits per heavy atom. The van der Waals surface area contributed by atoms with E-state index in [1.165, 1.54) is 10.5 Å². The van der Waals surface area contributed by atoms with Crippen LogP contribution in [0.15, 0.2) is 42.6 Å². The molecule has 2 fully saturated rings. The van der Waals surface area contributed by atoms with Crippen LogP contribution in [-0.4, -0.2) is 40.6 Å². The summed E-state index contributed by atoms with van der Waals surface area (Å²) in [5.41, 5.74) is 2.08. The zero-order valence-electron chi connectivity index (χ0n) is 12.3. The van der Waals surface area contributed by atoms with E-state index in [0.717, 1.165) is 44.6 Å². The van der Waals surface area contributed by atoms with Gasteiger partial charge in [-0.05, 0) is 31.4 Å². The molecule has 2 heterocycles. The molecule has 1 N–H and O–H groups in total. The van der Waals surface area contributed by atoms with Crippen molar-refractivity contribution in [3.63, 3.8) is 0 Å². The van der Waals surface area contributed by atoms with E-state index >= 15 is 0 Å². The van der Waals surface area contributed by atoms with Crippen molar-refractivity contribution >= 4 is 6.09 Å². The third-order valence-corrected chi connectivity index (χ3v) is 4.89. The second-order valence-electron chi connectivity index (χ2n) is 6.21. The van der Waals surface area contributed by atoms with Crippen LogP contribution in [0.3, 0.4) is 0 Å². The maximum atomic E-state index is 11.3. The highest BCUT2D eigenvalue weighted by molar-refractivity contribution is 5.68. The van der Waals surface area contributed by atoms with Gasteiger partial charge in [-0.2, -0.15) is 0 Å². The van der Waals surface area contributed by atoms with E-state index in [-0.39, 0.29) is 5.41 Å². The largest absolute Gasteiger partial charge is 0.465 e. The molecule has 0 saturated carbocycles. The van der Waals surface area contributed by atoms with E-state index in [2.05, 4.69) is 35.7 Å². The highest BCUT2D eigenvalue weighted by Gasteiger charge is 2.45. The van der Waals surface area contributed by atoms with E-state index in [0.29, 0.717) is 6.54 Å². The van der Waals surface area contributed by atoms with E-state index in [1.807, 2.05) is 6.07 Å². The van der Waals surface area contributed by atoms with Gasteiger partial charge >= 0.3 is 6.09 Å². The smallest absolute Gasteiger partial charge is 0.411 e. The zero-order valence-corrected chi connectivity index (χ0v) is 12.3. The average molecular weight is 286 g/mol. The van der Waals surface area contributed by atoms with Crippen LogP contribution in [0.5, 0.6) is 0 Å². The van der Waals surface area contributed by atoms with Crippen molar-refractivity contribution < 1.29 is 9.90 Å². The van der Waals surface area contributed by atoms with Gasteiger partial charge in [-0.3, -0.25) is 9.80 Å². The number of hydrogen-bond donors (Lipinski definition) is 1. The molecule has 0 bridgehead atoms. The Morgan fingerprint density at radius 2 is 2.00 bits per heavy atom. The summed E-state index contributed by atoms with van der Waals surface area (Å²) >= 11 is 0. The molecule has 2 aliphatic rings. The number of rotatable bonds is 2. The molecule has 2 saturated heterocycles. The van der Waals surface area contributed by atoms with Crippen LogP contribution in [0.2, 0.25) is 0 Å². The predicted molar refractivity (Wildman–Crippen MR) is 81.9 cm³/mol. The fourth-order valence-corrected chi connectivity index (χ4v) is 3.73. The maximum Gasteiger partial charge on any atom is 0.411 e. The van der Waals surface area contributed by atoms with Gasteiger partial charge < -0.3 is 5.11 Å². The summed E-state index contributed by atoms with van der Waals surface area (Å²) in [5.74, 6) is 0. The van der Waals surface area contributed by atoms with Crippen LogP contribution in [-0.2, 0) is 6.54 Å². The molecule has 0 radical (unpaired) electrons. The van der Waals surface area contributed by atoms with Gasteiger partial charge in [0.2, 0.25) is 0 Å². The van der Waals surface area contributed by atoms with E-state index in [1.54, 1.807) is 0 Å². The number of hydrogen-bond acceptors (Lipinski definition) is 2. The molecule has 4 heteroatoms. The second-order valence-corrected chi connectivity index (χ2v) is 6.21. The lowest BCUT2D eigenvalue weighted by Crippen LogP contribution is -2.44. The van der Waals surface area contributed by atoms with Crippen LogP contribution in [0.1, 0.15) is 24.8 Å². The van der Waals surface area contributed by atoms with Crippen LogP contribution in [0.25, 0.3) is 0 Å². The first kappa shape index (κ1) is 14.1. The van der Waals surface area contributed by atoms with Gasteiger partial charge in [0.25, 0.3) is 0 Å². The number of carbonyl (C=O) groups is 1. The van der Waals surface area contributed by atoms with Gasteiger partial charge in [0.05, 0.1) is 0 Å². The molecule has 1 aromatic carbocycles. The summed E-state index contributed by atoms with van der Waals surface area (Å²) in [6.45, 7) is 7.57. The Bertz CT molecular complexity index is 543. The number of likely N-dealkylation sites (tertiary alicyclic amines) is 2. The first-order chi connectivity index (χ1) is 10.1. The minimum atomic E-state index is -0.861. The Kier molecular flexibility index (Phi) is 3.72. The Hall–Kier alpha value is -1.81. The third kappa shape index (κ3) is 2.68. The predicted octanol–water partition coefficient (Wildman–Crippen LogP) is 3.17. The Labute approximate surface area is 125 Å². The fourth-order valence-electron chi connectivity index (χ4n) is 3.73. The molecule has 21 heavy (non-hydrogen) atoms. The molecule has 1 atom stereocenters. The van der Waals surface area contributed by atoms with E-state index in [4.69, 9.17) is 0 Å². The summed E-state index contributed by atoms with van der Waals surface area (Å²) < 4.78 is 0. The molecular weight excluding hydrogens is 264 g/mol. The van der Waals surface area contributed by atoms with Crippen LogP contribution in [0, 0.1) is 5.41 Å². The average Bonchev–Trinajstić information content (AvgIpc) is 2.87. The van der Waals surface area contributed by atoms with Crippen molar-refractivity contribution in [2.75, 3.05) is 19.6 Å². The normalized spacial score (nSPS) is 26.5. The Morgan fingerprint density at radius 1 is 1.24 bits per heavy atom. The molecule has 1 spiro atoms. The van der Waals surface area contributed by atoms with Gasteiger partial charge in [-0.15, -0.1) is 0 Å². The highest BCUT2D eigenvalue weighted by Crippen LogP contribution is 2.45. The minimum Gasteiger partial charge on any atom is -0.465 e. The minimum absolute atomic E-state index is 0.0363. The van der Waals surface area contributed by atoms with Crippen molar-refractivity contribution in [2.24, 2.45) is 5.41 Å². The molecule has 4 nitrogen and oxygen atoms in total. The quantitative estimate of drug-likeness (QED) is 0.908. The van der Waals surface area contributed by atoms with Crippen molar-refractivity contribution in [3.8, 4) is 0 Å². The maximum absolute atomic E-state index is 11.3. The molecule has 0 aromatic heterocycles. The van der Waals surface area contributed by atoms with Crippen LogP contribution < -0.4 is 0 Å². The molecular formula is C17H22N2O2. The number of benzene rings is 1. The standard InChI is InChI=1S/C17H22N2O2/c1-14-17(8-5-10-19(14)16(20)21)9-11-18(13-17)12-15-6-3-2-4-7-15/h2-4,6-7H,1,5,8-13H2,(H,20,21). The lowest BCUT2D eigenvalue weighted by Gasteiger charge is -2.41. The van der Waals surface area contributed by atoms with Crippen molar-refractivity contribution in [1.82, 2.24) is 9.80 Å². The van der Waals surface area contributed by atoms with Gasteiger partial charge in [-0.25, -0.2) is 4.79 Å². The zero-order chi connectivity index (χ0) is 14.9. The van der Waals surface area contributed by atoms with Gasteiger partial charge in [0.1, 0.15) is 0 Å². The monoisotopic (exact) mass is 286 g/mol. The summed E-state index contributed by atoms with van der Waals surface area (Å²) in [4.78, 5) is 15.2. The van der Waals surface area contributed by atoms with Crippen LogP contribution >= 0.6 is 0 Å². The molecule has 2 aliphatic heterocycles. The number of carboxylic acid groups (broad SMARTS) is 1. The fraction of sp³-hybridized carbons (Fsp3) is 0.471. The molecule has 112 valence electrons. The SMILES string of the molecule is C=C1N(C(=O)O)CCCC12CCN(Cc1ccccc1)C2. The molecule has 1 aromatic rings. The van der Waals surface area contributed by atoms with E-state index in [9.17, 15) is 9.90 Å². The lowest BCUT2D eigenvalue weighted by atomic mass is 9.76. The van der Waals surface area contributed by atoms with E-state index < -0.39 is 6.09 Å². The topological polar surface area (TPSA) is 43.8 Å². The summed E-state index contributed by atoms with van der Waals surface area (Å²) in [7, 11) is 0. The summed E-state index contributed by atoms with van der Waals surface area (Å²) in [6, 6.07) is 10.4. The third-order valence-electron chi connectivity index (χ3n) is 4.89. The summed E-state index contributed by atoms with van der Waals surface area (Å²) in [5, 5.41) is 9.30. The number of piperidine rings is 1. The molecule has 1 unspecified atom stereocenters. The van der Waals surface area contributed by atoms with Crippen molar-refractivity contribution in [3.05, 3.63) is 48.2 Å². The molecule has 0 aliphatic carbocycles. The van der Waals surface area contributed by atoms with Crippen LogP contribution in [0.4, 0.5) is 4.79 Å². The number of amides is 1. The lowest BCUT2D eigenvalue weighted by molar-refractivity contribution is 0.119. The summed E-state index contributed by atoms with van der Waals surface area (Å²) in [6.07, 6.45) is 2.15. The van der Waals surface area contributed by atoms with Gasteiger partial charge in [0.15, 0.2) is 0 Å². The van der Waals surface area contributed by atoms with Crippen molar-refractivity contribution in [2.45, 2.75) is 25.8 Å². The number of nitrogens with zero attached hydrogens (tertiary/aromatic N) is 2.